The number of carboxylic acids is 1. The van der Waals surface area contributed by atoms with E-state index in [9.17, 15) is 9.59 Å². The monoisotopic (exact) mass is 331 g/mol. The van der Waals surface area contributed by atoms with E-state index in [4.69, 9.17) is 9.84 Å². The molecule has 0 aliphatic heterocycles. The zero-order chi connectivity index (χ0) is 17.0. The second kappa shape index (κ2) is 7.24. The Bertz CT molecular complexity index is 603. The molecule has 3 rings (SSSR count). The molecule has 24 heavy (non-hydrogen) atoms. The van der Waals surface area contributed by atoms with E-state index in [1.165, 1.54) is 12.8 Å². The molecule has 0 saturated heterocycles. The van der Waals surface area contributed by atoms with Crippen molar-refractivity contribution in [2.45, 2.75) is 57.5 Å². The van der Waals surface area contributed by atoms with Crippen LogP contribution in [0.3, 0.4) is 0 Å². The predicted molar refractivity (Wildman–Crippen MR) is 90.0 cm³/mol. The lowest BCUT2D eigenvalue weighted by Crippen LogP contribution is -2.34. The molecular formula is C19H25NO4. The molecule has 0 spiro atoms. The van der Waals surface area contributed by atoms with E-state index in [1.54, 1.807) is 0 Å². The first kappa shape index (κ1) is 16.8. The zero-order valence-electron chi connectivity index (χ0n) is 13.9. The summed E-state index contributed by atoms with van der Waals surface area (Å²) in [6.45, 7) is 0.242. The van der Waals surface area contributed by atoms with Gasteiger partial charge in [-0.25, -0.2) is 0 Å². The molecule has 2 saturated carbocycles. The summed E-state index contributed by atoms with van der Waals surface area (Å²) in [5.74, 6) is -0.0215. The summed E-state index contributed by atoms with van der Waals surface area (Å²) >= 11 is 0. The van der Waals surface area contributed by atoms with Gasteiger partial charge in [0.2, 0.25) is 5.91 Å². The van der Waals surface area contributed by atoms with Crippen LogP contribution in [0.5, 0.6) is 5.75 Å². The number of hydrogen-bond acceptors (Lipinski definition) is 3. The van der Waals surface area contributed by atoms with Gasteiger partial charge in [-0.1, -0.05) is 12.1 Å². The number of carboxylic acid groups (broad SMARTS) is 1. The number of carbonyl (C=O) groups excluding carboxylic acids is 1. The third-order valence-corrected chi connectivity index (χ3v) is 5.08. The van der Waals surface area contributed by atoms with E-state index < -0.39 is 11.4 Å². The minimum atomic E-state index is -0.806. The maximum Gasteiger partial charge on any atom is 0.311 e. The normalized spacial score (nSPS) is 19.0. The summed E-state index contributed by atoms with van der Waals surface area (Å²) in [6, 6.07) is 7.92. The van der Waals surface area contributed by atoms with Crippen LogP contribution in [0.4, 0.5) is 0 Å². The maximum atomic E-state index is 11.9. The van der Waals surface area contributed by atoms with Crippen molar-refractivity contribution in [3.8, 4) is 5.75 Å². The van der Waals surface area contributed by atoms with Gasteiger partial charge < -0.3 is 15.2 Å². The van der Waals surface area contributed by atoms with Gasteiger partial charge in [-0.05, 0) is 62.6 Å². The van der Waals surface area contributed by atoms with Crippen LogP contribution in [-0.4, -0.2) is 29.6 Å². The van der Waals surface area contributed by atoms with Gasteiger partial charge in [0.15, 0.2) is 0 Å². The fourth-order valence-electron chi connectivity index (χ4n) is 3.20. The molecule has 5 nitrogen and oxygen atoms in total. The number of nitrogens with one attached hydrogen (secondary N) is 1. The van der Waals surface area contributed by atoms with E-state index in [1.807, 2.05) is 24.3 Å². The Morgan fingerprint density at radius 1 is 1.25 bits per heavy atom. The summed E-state index contributed by atoms with van der Waals surface area (Å²) < 4.78 is 5.98. The van der Waals surface area contributed by atoms with Crippen LogP contribution in [0.15, 0.2) is 24.3 Å². The Hall–Kier alpha value is -2.04. The minimum absolute atomic E-state index is 0.0929. The van der Waals surface area contributed by atoms with Crippen LogP contribution >= 0.6 is 0 Å². The molecule has 1 aromatic rings. The lowest BCUT2D eigenvalue weighted by Gasteiger charge is -2.14. The summed E-state index contributed by atoms with van der Waals surface area (Å²) in [4.78, 5) is 23.0. The van der Waals surface area contributed by atoms with Gasteiger partial charge in [0.25, 0.3) is 0 Å². The van der Waals surface area contributed by atoms with E-state index in [2.05, 4.69) is 5.32 Å². The van der Waals surface area contributed by atoms with Crippen LogP contribution in [0, 0.1) is 5.41 Å². The van der Waals surface area contributed by atoms with Gasteiger partial charge in [0, 0.05) is 13.0 Å². The molecule has 0 aromatic heterocycles. The zero-order valence-corrected chi connectivity index (χ0v) is 13.9. The third kappa shape index (κ3) is 4.28. The number of aliphatic carboxylic acids is 1. The van der Waals surface area contributed by atoms with Crippen molar-refractivity contribution in [2.75, 3.05) is 6.54 Å². The average molecular weight is 331 g/mol. The molecule has 2 aliphatic carbocycles. The second-order valence-corrected chi connectivity index (χ2v) is 7.03. The predicted octanol–water partition coefficient (Wildman–Crippen LogP) is 2.92. The number of benzene rings is 1. The van der Waals surface area contributed by atoms with E-state index in [0.29, 0.717) is 31.8 Å². The smallest absolute Gasteiger partial charge is 0.311 e. The van der Waals surface area contributed by atoms with Crippen LogP contribution in [0.1, 0.15) is 50.5 Å². The number of carbonyl (C=O) groups is 2. The van der Waals surface area contributed by atoms with Gasteiger partial charge in [0.1, 0.15) is 5.75 Å². The highest BCUT2D eigenvalue weighted by molar-refractivity contribution is 5.81. The quantitative estimate of drug-likeness (QED) is 0.768. The number of rotatable bonds is 8. The highest BCUT2D eigenvalue weighted by Crippen LogP contribution is 2.45. The standard InChI is InChI=1S/C19H25NO4/c21-17(20-13-19(10-11-19)18(22)23)9-8-14-4-3-7-16(12-14)24-15-5-1-2-6-15/h3-4,7,12,15H,1-2,5-6,8-11,13H2,(H,20,21)(H,22,23). The molecule has 2 fully saturated rings. The first-order chi connectivity index (χ1) is 11.6. The number of aryl methyl sites for hydroxylation is 1. The molecular weight excluding hydrogens is 306 g/mol. The summed E-state index contributed by atoms with van der Waals surface area (Å²) in [5.41, 5.74) is 0.366. The Kier molecular flexibility index (Phi) is 5.07. The van der Waals surface area contributed by atoms with Gasteiger partial charge in [-0.15, -0.1) is 0 Å². The third-order valence-electron chi connectivity index (χ3n) is 5.08. The Balaban J connectivity index is 1.44. The SMILES string of the molecule is O=C(CCc1cccc(OC2CCCC2)c1)NCC1(C(=O)O)CC1. The van der Waals surface area contributed by atoms with Gasteiger partial charge >= 0.3 is 5.97 Å². The average Bonchev–Trinajstić information content (AvgIpc) is 3.21. The lowest BCUT2D eigenvalue weighted by molar-refractivity contribution is -0.143. The van der Waals surface area contributed by atoms with Crippen molar-refractivity contribution < 1.29 is 19.4 Å². The minimum Gasteiger partial charge on any atom is -0.490 e. The molecule has 0 heterocycles. The van der Waals surface area contributed by atoms with Crippen LogP contribution in [0.25, 0.3) is 0 Å². The Morgan fingerprint density at radius 3 is 2.67 bits per heavy atom. The lowest BCUT2D eigenvalue weighted by atomic mass is 10.1. The fraction of sp³-hybridized carbons (Fsp3) is 0.579. The number of hydrogen-bond donors (Lipinski definition) is 2. The first-order valence-corrected chi connectivity index (χ1v) is 8.83. The molecule has 1 aromatic carbocycles. The van der Waals surface area contributed by atoms with Crippen LogP contribution < -0.4 is 10.1 Å². The molecule has 0 atom stereocenters. The Morgan fingerprint density at radius 2 is 2.00 bits per heavy atom. The topological polar surface area (TPSA) is 75.6 Å². The first-order valence-electron chi connectivity index (χ1n) is 8.83. The highest BCUT2D eigenvalue weighted by atomic mass is 16.5. The Labute approximate surface area is 142 Å². The summed E-state index contributed by atoms with van der Waals surface area (Å²) in [6.07, 6.45) is 7.36. The fourth-order valence-corrected chi connectivity index (χ4v) is 3.20. The summed E-state index contributed by atoms with van der Waals surface area (Å²) in [7, 11) is 0. The van der Waals surface area contributed by atoms with Gasteiger partial charge in [0.05, 0.1) is 11.5 Å². The molecule has 0 radical (unpaired) electrons. The van der Waals surface area contributed by atoms with Crippen molar-refractivity contribution in [3.05, 3.63) is 29.8 Å². The summed E-state index contributed by atoms with van der Waals surface area (Å²) in [5, 5.41) is 11.9. The molecule has 0 unspecified atom stereocenters. The number of ether oxygens (including phenoxy) is 1. The molecule has 130 valence electrons. The van der Waals surface area contributed by atoms with Crippen molar-refractivity contribution in [3.63, 3.8) is 0 Å². The van der Waals surface area contributed by atoms with Crippen molar-refractivity contribution in [2.24, 2.45) is 5.41 Å². The van der Waals surface area contributed by atoms with Crippen LogP contribution in [-0.2, 0) is 16.0 Å². The number of amides is 1. The van der Waals surface area contributed by atoms with E-state index in [-0.39, 0.29) is 12.5 Å². The van der Waals surface area contributed by atoms with Crippen molar-refractivity contribution in [1.82, 2.24) is 5.32 Å². The molecule has 2 N–H and O–H groups in total. The van der Waals surface area contributed by atoms with Crippen LogP contribution in [0.2, 0.25) is 0 Å². The van der Waals surface area contributed by atoms with E-state index >= 15 is 0 Å². The maximum absolute atomic E-state index is 11.9. The molecule has 5 heteroatoms. The molecule has 1 amide bonds. The largest absolute Gasteiger partial charge is 0.490 e. The molecule has 0 bridgehead atoms. The van der Waals surface area contributed by atoms with Gasteiger partial charge in [-0.3, -0.25) is 9.59 Å². The second-order valence-electron chi connectivity index (χ2n) is 7.03. The van der Waals surface area contributed by atoms with Crippen molar-refractivity contribution >= 4 is 11.9 Å². The molecule has 2 aliphatic rings. The van der Waals surface area contributed by atoms with Crippen molar-refractivity contribution in [1.29, 1.82) is 0 Å². The van der Waals surface area contributed by atoms with E-state index in [0.717, 1.165) is 24.2 Å². The highest BCUT2D eigenvalue weighted by Gasteiger charge is 2.50. The van der Waals surface area contributed by atoms with Gasteiger partial charge in [-0.2, -0.15) is 0 Å².